The minimum atomic E-state index is -1.60. The lowest BCUT2D eigenvalue weighted by Gasteiger charge is -2.25. The van der Waals surface area contributed by atoms with Crippen LogP contribution in [0, 0.1) is 0 Å². The van der Waals surface area contributed by atoms with Crippen LogP contribution in [0.2, 0.25) is 0 Å². The highest BCUT2D eigenvalue weighted by molar-refractivity contribution is 4.81. The maximum Gasteiger partial charge on any atom is 0.111 e. The maximum atomic E-state index is 9.73. The number of ether oxygens (including phenoxy) is 1. The second kappa shape index (κ2) is 21.7. The average Bonchev–Trinajstić information content (AvgIpc) is 2.76. The molecule has 0 radical (unpaired) electrons. The lowest BCUT2D eigenvalue weighted by molar-refractivity contribution is -0.129. The summed E-state index contributed by atoms with van der Waals surface area (Å²) < 4.78 is 5.32. The number of allylic oxidation sites excluding steroid dienone is 2. The first-order valence-electron chi connectivity index (χ1n) is 12.1. The topological polar surface area (TPSA) is 110 Å². The van der Waals surface area contributed by atoms with Crippen LogP contribution in [0.5, 0.6) is 0 Å². The average molecular weight is 433 g/mol. The van der Waals surface area contributed by atoms with Crippen molar-refractivity contribution in [3.63, 3.8) is 0 Å². The van der Waals surface area contributed by atoms with Gasteiger partial charge in [0, 0.05) is 6.61 Å². The molecule has 6 heteroatoms. The van der Waals surface area contributed by atoms with Gasteiger partial charge in [0.1, 0.15) is 24.4 Å². The number of aliphatic hydroxyl groups is 5. The van der Waals surface area contributed by atoms with E-state index in [4.69, 9.17) is 9.84 Å². The molecule has 0 amide bonds. The largest absolute Gasteiger partial charge is 0.394 e. The normalized spacial score (nSPS) is 16.1. The molecule has 30 heavy (non-hydrogen) atoms. The van der Waals surface area contributed by atoms with E-state index < -0.39 is 31.0 Å². The van der Waals surface area contributed by atoms with Crippen LogP contribution >= 0.6 is 0 Å². The van der Waals surface area contributed by atoms with E-state index in [1.165, 1.54) is 70.6 Å². The van der Waals surface area contributed by atoms with Gasteiger partial charge in [0.2, 0.25) is 0 Å². The van der Waals surface area contributed by atoms with Gasteiger partial charge in [0.25, 0.3) is 0 Å². The molecule has 0 rings (SSSR count). The predicted molar refractivity (Wildman–Crippen MR) is 121 cm³/mol. The van der Waals surface area contributed by atoms with Crippen LogP contribution in [0.4, 0.5) is 0 Å². The summed E-state index contributed by atoms with van der Waals surface area (Å²) in [6.45, 7) is 1.95. The van der Waals surface area contributed by atoms with Crippen molar-refractivity contribution in [3.8, 4) is 0 Å². The third kappa shape index (κ3) is 17.2. The van der Waals surface area contributed by atoms with Crippen molar-refractivity contribution < 1.29 is 30.3 Å². The van der Waals surface area contributed by atoms with Crippen molar-refractivity contribution in [1.29, 1.82) is 0 Å². The van der Waals surface area contributed by atoms with Crippen LogP contribution in [0.3, 0.4) is 0 Å². The molecular formula is C24H48O6. The summed E-state index contributed by atoms with van der Waals surface area (Å²) in [4.78, 5) is 0. The van der Waals surface area contributed by atoms with Crippen molar-refractivity contribution in [2.45, 2.75) is 121 Å². The van der Waals surface area contributed by atoms with Crippen LogP contribution in [0.25, 0.3) is 0 Å². The number of unbranched alkanes of at least 4 members (excludes halogenated alkanes) is 12. The fourth-order valence-corrected chi connectivity index (χ4v) is 3.32. The standard InChI is InChI=1S/C24H48O6/c1-2-3-4-5-6-7-8-9-10-11-12-13-14-15-16-17-18-30-20-22(27)24(29)23(28)21(26)19-25/h9-10,21-29H,2-8,11-20H2,1H3/b10-9-/t21-,22+,23-,24-/m1/s1. The molecule has 0 saturated carbocycles. The zero-order valence-corrected chi connectivity index (χ0v) is 19.1. The van der Waals surface area contributed by atoms with Crippen molar-refractivity contribution >= 4 is 0 Å². The Bertz CT molecular complexity index is 377. The Morgan fingerprint density at radius 3 is 1.63 bits per heavy atom. The number of hydrogen-bond donors (Lipinski definition) is 5. The Labute approximate surface area is 184 Å². The molecule has 0 aliphatic rings. The molecule has 0 aliphatic carbocycles. The van der Waals surface area contributed by atoms with Gasteiger partial charge in [-0.25, -0.2) is 0 Å². The lowest BCUT2D eigenvalue weighted by Crippen LogP contribution is -2.47. The second-order valence-electron chi connectivity index (χ2n) is 8.31. The highest BCUT2D eigenvalue weighted by atomic mass is 16.5. The van der Waals surface area contributed by atoms with Gasteiger partial charge in [0.15, 0.2) is 0 Å². The number of aliphatic hydroxyl groups excluding tert-OH is 5. The maximum absolute atomic E-state index is 9.73. The molecular weight excluding hydrogens is 384 g/mol. The molecule has 0 fully saturated rings. The Balaban J connectivity index is 3.37. The van der Waals surface area contributed by atoms with Crippen LogP contribution in [-0.2, 0) is 4.74 Å². The molecule has 0 spiro atoms. The monoisotopic (exact) mass is 432 g/mol. The molecule has 0 unspecified atom stereocenters. The Morgan fingerprint density at radius 1 is 0.633 bits per heavy atom. The molecule has 0 heterocycles. The quantitative estimate of drug-likeness (QED) is 0.132. The lowest BCUT2D eigenvalue weighted by atomic mass is 10.0. The van der Waals surface area contributed by atoms with Crippen LogP contribution in [0.15, 0.2) is 12.2 Å². The van der Waals surface area contributed by atoms with Gasteiger partial charge in [0.05, 0.1) is 13.2 Å². The highest BCUT2D eigenvalue weighted by Gasteiger charge is 2.29. The third-order valence-electron chi connectivity index (χ3n) is 5.41. The summed E-state index contributed by atoms with van der Waals surface area (Å²) in [5.74, 6) is 0. The number of rotatable bonds is 22. The molecule has 6 nitrogen and oxygen atoms in total. The van der Waals surface area contributed by atoms with E-state index in [1.807, 2.05) is 0 Å². The Kier molecular flexibility index (Phi) is 21.4. The van der Waals surface area contributed by atoms with Gasteiger partial charge in [-0.1, -0.05) is 76.9 Å². The molecule has 0 aromatic heterocycles. The molecule has 0 aromatic rings. The van der Waals surface area contributed by atoms with E-state index in [1.54, 1.807) is 0 Å². The molecule has 180 valence electrons. The molecule has 0 bridgehead atoms. The first-order valence-corrected chi connectivity index (χ1v) is 12.1. The smallest absolute Gasteiger partial charge is 0.111 e. The summed E-state index contributed by atoms with van der Waals surface area (Å²) in [6, 6.07) is 0. The van der Waals surface area contributed by atoms with Crippen LogP contribution in [-0.4, -0.2) is 69.8 Å². The van der Waals surface area contributed by atoms with Gasteiger partial charge in [-0.15, -0.1) is 0 Å². The summed E-state index contributed by atoms with van der Waals surface area (Å²) in [6.07, 6.45) is 16.1. The SMILES string of the molecule is CCCCCCCC/C=C\CCCCCCCCOC[C@H](O)[C@@H](O)[C@H](O)[C@H](O)CO. The zero-order chi connectivity index (χ0) is 22.5. The molecule has 5 N–H and O–H groups in total. The van der Waals surface area contributed by atoms with E-state index in [0.29, 0.717) is 6.61 Å². The van der Waals surface area contributed by atoms with E-state index >= 15 is 0 Å². The third-order valence-corrected chi connectivity index (χ3v) is 5.41. The first kappa shape index (κ1) is 29.5. The van der Waals surface area contributed by atoms with Crippen LogP contribution < -0.4 is 0 Å². The van der Waals surface area contributed by atoms with Crippen LogP contribution in [0.1, 0.15) is 96.8 Å². The van der Waals surface area contributed by atoms with E-state index in [0.717, 1.165) is 19.3 Å². The van der Waals surface area contributed by atoms with Gasteiger partial charge in [-0.3, -0.25) is 0 Å². The van der Waals surface area contributed by atoms with Gasteiger partial charge >= 0.3 is 0 Å². The van der Waals surface area contributed by atoms with Gasteiger partial charge in [-0.2, -0.15) is 0 Å². The molecule has 0 saturated heterocycles. The molecule has 0 aliphatic heterocycles. The number of hydrogen-bond acceptors (Lipinski definition) is 6. The highest BCUT2D eigenvalue weighted by Crippen LogP contribution is 2.10. The fourth-order valence-electron chi connectivity index (χ4n) is 3.32. The minimum Gasteiger partial charge on any atom is -0.394 e. The van der Waals surface area contributed by atoms with Crippen molar-refractivity contribution in [2.75, 3.05) is 19.8 Å². The van der Waals surface area contributed by atoms with Crippen molar-refractivity contribution in [3.05, 3.63) is 12.2 Å². The fraction of sp³-hybridized carbons (Fsp3) is 0.917. The Morgan fingerprint density at radius 2 is 1.10 bits per heavy atom. The molecule has 0 aromatic carbocycles. The van der Waals surface area contributed by atoms with Crippen molar-refractivity contribution in [2.24, 2.45) is 0 Å². The summed E-state index contributed by atoms with van der Waals surface area (Å²) in [5, 5.41) is 46.9. The van der Waals surface area contributed by atoms with Gasteiger partial charge in [-0.05, 0) is 32.1 Å². The van der Waals surface area contributed by atoms with E-state index in [2.05, 4.69) is 19.1 Å². The summed E-state index contributed by atoms with van der Waals surface area (Å²) >= 11 is 0. The Hall–Kier alpha value is -0.500. The molecule has 4 atom stereocenters. The summed E-state index contributed by atoms with van der Waals surface area (Å²) in [5.41, 5.74) is 0. The summed E-state index contributed by atoms with van der Waals surface area (Å²) in [7, 11) is 0. The predicted octanol–water partition coefficient (Wildman–Crippen LogP) is 3.48. The zero-order valence-electron chi connectivity index (χ0n) is 19.1. The minimum absolute atomic E-state index is 0.110. The van der Waals surface area contributed by atoms with Crippen molar-refractivity contribution in [1.82, 2.24) is 0 Å². The van der Waals surface area contributed by atoms with Gasteiger partial charge < -0.3 is 30.3 Å². The first-order chi connectivity index (χ1) is 14.5. The van der Waals surface area contributed by atoms with E-state index in [-0.39, 0.29) is 6.61 Å². The van der Waals surface area contributed by atoms with E-state index in [9.17, 15) is 20.4 Å². The second-order valence-corrected chi connectivity index (χ2v) is 8.31.